The number of aliphatic hydroxyl groups is 2. The lowest BCUT2D eigenvalue weighted by molar-refractivity contribution is 0.0577. The molecular formula is C12H17BrO3. The number of halogens is 1. The zero-order chi connectivity index (χ0) is 12.3. The van der Waals surface area contributed by atoms with Crippen molar-refractivity contribution in [1.29, 1.82) is 0 Å². The van der Waals surface area contributed by atoms with Crippen molar-refractivity contribution >= 4 is 15.9 Å². The van der Waals surface area contributed by atoms with Crippen LogP contribution in [0.25, 0.3) is 0 Å². The van der Waals surface area contributed by atoms with Gasteiger partial charge in [0.25, 0.3) is 0 Å². The summed E-state index contributed by atoms with van der Waals surface area (Å²) in [5, 5.41) is 19.0. The highest BCUT2D eigenvalue weighted by atomic mass is 79.9. The van der Waals surface area contributed by atoms with Gasteiger partial charge in [-0.15, -0.1) is 0 Å². The summed E-state index contributed by atoms with van der Waals surface area (Å²) in [7, 11) is 0. The first kappa shape index (κ1) is 13.5. The van der Waals surface area contributed by atoms with Crippen molar-refractivity contribution in [2.75, 3.05) is 0 Å². The Morgan fingerprint density at radius 1 is 1.19 bits per heavy atom. The molecule has 2 N–H and O–H groups in total. The lowest BCUT2D eigenvalue weighted by atomic mass is 10.1. The second-order valence-electron chi connectivity index (χ2n) is 3.92. The molecule has 0 aliphatic rings. The molecule has 0 aromatic heterocycles. The van der Waals surface area contributed by atoms with Gasteiger partial charge in [-0.2, -0.15) is 0 Å². The fraction of sp³-hybridized carbons (Fsp3) is 0.500. The monoisotopic (exact) mass is 288 g/mol. The second-order valence-corrected chi connectivity index (χ2v) is 4.84. The topological polar surface area (TPSA) is 49.7 Å². The molecular weight excluding hydrogens is 272 g/mol. The number of hydrogen-bond donors (Lipinski definition) is 2. The summed E-state index contributed by atoms with van der Waals surface area (Å²) in [5.74, 6) is 0.603. The molecule has 0 heterocycles. The van der Waals surface area contributed by atoms with E-state index in [-0.39, 0.29) is 6.10 Å². The number of benzene rings is 1. The Kier molecular flexibility index (Phi) is 4.77. The zero-order valence-corrected chi connectivity index (χ0v) is 11.2. The van der Waals surface area contributed by atoms with Crippen molar-refractivity contribution in [3.05, 3.63) is 28.2 Å². The minimum atomic E-state index is -0.603. The van der Waals surface area contributed by atoms with Gasteiger partial charge in [0.1, 0.15) is 11.9 Å². The van der Waals surface area contributed by atoms with Crippen LogP contribution in [0.4, 0.5) is 0 Å². The fourth-order valence-electron chi connectivity index (χ4n) is 1.25. The third-order valence-electron chi connectivity index (χ3n) is 2.41. The first-order valence-corrected chi connectivity index (χ1v) is 6.03. The van der Waals surface area contributed by atoms with Crippen molar-refractivity contribution in [2.45, 2.75) is 39.1 Å². The van der Waals surface area contributed by atoms with Crippen LogP contribution in [-0.4, -0.2) is 22.4 Å². The van der Waals surface area contributed by atoms with Crippen molar-refractivity contribution < 1.29 is 14.9 Å². The van der Waals surface area contributed by atoms with Gasteiger partial charge >= 0.3 is 0 Å². The highest BCUT2D eigenvalue weighted by molar-refractivity contribution is 9.10. The maximum absolute atomic E-state index is 9.62. The van der Waals surface area contributed by atoms with E-state index in [0.717, 1.165) is 4.47 Å². The number of aliphatic hydroxyl groups excluding tert-OH is 2. The van der Waals surface area contributed by atoms with Crippen LogP contribution < -0.4 is 4.74 Å². The van der Waals surface area contributed by atoms with E-state index in [4.69, 9.17) is 4.74 Å². The molecule has 0 fully saturated rings. The molecule has 16 heavy (non-hydrogen) atoms. The predicted molar refractivity (Wildman–Crippen MR) is 66.5 cm³/mol. The van der Waals surface area contributed by atoms with Crippen molar-refractivity contribution in [3.8, 4) is 5.75 Å². The summed E-state index contributed by atoms with van der Waals surface area (Å²) < 4.78 is 6.48. The quantitative estimate of drug-likeness (QED) is 0.896. The van der Waals surface area contributed by atoms with Gasteiger partial charge in [0.05, 0.1) is 12.2 Å². The Bertz CT molecular complexity index is 350. The van der Waals surface area contributed by atoms with Crippen LogP contribution in [0.2, 0.25) is 0 Å². The highest BCUT2D eigenvalue weighted by Crippen LogP contribution is 2.29. The average molecular weight is 289 g/mol. The summed E-state index contributed by atoms with van der Waals surface area (Å²) in [5.41, 5.74) is 0.710. The largest absolute Gasteiger partial charge is 0.488 e. The Morgan fingerprint density at radius 2 is 1.81 bits per heavy atom. The summed E-state index contributed by atoms with van der Waals surface area (Å²) in [6.07, 6.45) is -1.46. The van der Waals surface area contributed by atoms with E-state index >= 15 is 0 Å². The second kappa shape index (κ2) is 5.66. The molecule has 4 heteroatoms. The molecule has 0 amide bonds. The third-order valence-corrected chi connectivity index (χ3v) is 2.91. The van der Waals surface area contributed by atoms with Gasteiger partial charge in [0.2, 0.25) is 0 Å². The van der Waals surface area contributed by atoms with Crippen LogP contribution in [0.15, 0.2) is 22.7 Å². The van der Waals surface area contributed by atoms with E-state index in [2.05, 4.69) is 15.9 Å². The molecule has 1 aromatic rings. The molecule has 0 saturated carbocycles. The molecule has 0 spiro atoms. The van der Waals surface area contributed by atoms with Gasteiger partial charge in [0, 0.05) is 10.0 Å². The van der Waals surface area contributed by atoms with E-state index in [1.807, 2.05) is 12.1 Å². The first-order chi connectivity index (χ1) is 7.41. The first-order valence-electron chi connectivity index (χ1n) is 5.24. The van der Waals surface area contributed by atoms with Crippen molar-refractivity contribution in [2.24, 2.45) is 0 Å². The smallest absolute Gasteiger partial charge is 0.125 e. The summed E-state index contributed by atoms with van der Waals surface area (Å²) >= 11 is 3.34. The summed E-state index contributed by atoms with van der Waals surface area (Å²) in [6, 6.07) is 5.44. The van der Waals surface area contributed by atoms with Gasteiger partial charge in [-0.05, 0) is 39.0 Å². The summed E-state index contributed by atoms with van der Waals surface area (Å²) in [6.45, 7) is 5.14. The molecule has 3 nitrogen and oxygen atoms in total. The van der Waals surface area contributed by atoms with E-state index in [1.165, 1.54) is 0 Å². The average Bonchev–Trinajstić information content (AvgIpc) is 2.20. The maximum Gasteiger partial charge on any atom is 0.125 e. The van der Waals surface area contributed by atoms with Gasteiger partial charge < -0.3 is 14.9 Å². The number of ether oxygens (including phenoxy) is 1. The fourth-order valence-corrected chi connectivity index (χ4v) is 1.63. The predicted octanol–water partition coefficient (Wildman–Crippen LogP) is 2.65. The normalized spacial score (nSPS) is 16.6. The van der Waals surface area contributed by atoms with Crippen molar-refractivity contribution in [1.82, 2.24) is 0 Å². The van der Waals surface area contributed by atoms with E-state index in [0.29, 0.717) is 11.3 Å². The minimum absolute atomic E-state index is 0.307. The van der Waals surface area contributed by atoms with Crippen LogP contribution in [0.5, 0.6) is 5.75 Å². The molecule has 0 saturated heterocycles. The van der Waals surface area contributed by atoms with Crippen molar-refractivity contribution in [3.63, 3.8) is 0 Å². The molecule has 0 aliphatic carbocycles. The Morgan fingerprint density at radius 3 is 2.31 bits per heavy atom. The van der Waals surface area contributed by atoms with E-state index in [9.17, 15) is 10.2 Å². The van der Waals surface area contributed by atoms with Crippen LogP contribution in [0.3, 0.4) is 0 Å². The lowest BCUT2D eigenvalue weighted by Gasteiger charge is -2.20. The number of hydrogen-bond acceptors (Lipinski definition) is 3. The van der Waals surface area contributed by atoms with E-state index < -0.39 is 12.2 Å². The van der Waals surface area contributed by atoms with Crippen LogP contribution in [0.1, 0.15) is 32.4 Å². The molecule has 0 radical (unpaired) electrons. The van der Waals surface area contributed by atoms with Gasteiger partial charge in [-0.3, -0.25) is 0 Å². The molecule has 1 rings (SSSR count). The highest BCUT2D eigenvalue weighted by Gasteiger charge is 2.15. The SMILES string of the molecule is CC(O)C(C)Oc1ccc(Br)cc1[C@@H](C)O. The standard InChI is InChI=1S/C12H17BrO3/c1-7(14)9(3)16-12-5-4-10(13)6-11(12)8(2)15/h4-9,14-15H,1-3H3/t7?,8-,9?/m1/s1. The molecule has 2 unspecified atom stereocenters. The van der Waals surface area contributed by atoms with Crippen LogP contribution in [-0.2, 0) is 0 Å². The maximum atomic E-state index is 9.62. The van der Waals surface area contributed by atoms with Gasteiger partial charge in [0.15, 0.2) is 0 Å². The van der Waals surface area contributed by atoms with Crippen LogP contribution >= 0.6 is 15.9 Å². The Hall–Kier alpha value is -0.580. The molecule has 0 aliphatic heterocycles. The molecule has 0 bridgehead atoms. The summed E-state index contributed by atoms with van der Waals surface area (Å²) in [4.78, 5) is 0. The molecule has 1 aromatic carbocycles. The van der Waals surface area contributed by atoms with Gasteiger partial charge in [-0.25, -0.2) is 0 Å². The molecule has 90 valence electrons. The lowest BCUT2D eigenvalue weighted by Crippen LogP contribution is -2.26. The minimum Gasteiger partial charge on any atom is -0.488 e. The Labute approximate surface area is 104 Å². The van der Waals surface area contributed by atoms with Gasteiger partial charge in [-0.1, -0.05) is 15.9 Å². The zero-order valence-electron chi connectivity index (χ0n) is 9.64. The van der Waals surface area contributed by atoms with Crippen LogP contribution in [0, 0.1) is 0 Å². The third kappa shape index (κ3) is 3.47. The van der Waals surface area contributed by atoms with E-state index in [1.54, 1.807) is 26.8 Å². The molecule has 3 atom stereocenters. The Balaban J connectivity index is 2.95. The number of rotatable bonds is 4.